The highest BCUT2D eigenvalue weighted by Gasteiger charge is 2.33. The Kier molecular flexibility index (Phi) is 4.25. The van der Waals surface area contributed by atoms with Crippen LogP contribution in [0.15, 0.2) is 46.2 Å². The first-order valence-electron chi connectivity index (χ1n) is 8.52. The monoisotopic (exact) mass is 391 g/mol. The minimum Gasteiger partial charge on any atom is -0.301 e. The number of piperidine rings is 1. The molecule has 0 bridgehead atoms. The topological polar surface area (TPSA) is 71.8 Å². The molecule has 0 aliphatic carbocycles. The Labute approximate surface area is 156 Å². The number of sulfonamides is 1. The summed E-state index contributed by atoms with van der Waals surface area (Å²) in [5, 5.41) is 0.347. The molecule has 1 saturated heterocycles. The van der Waals surface area contributed by atoms with Crippen molar-refractivity contribution in [3.05, 3.63) is 51.9 Å². The van der Waals surface area contributed by atoms with Gasteiger partial charge in [0.25, 0.3) is 5.56 Å². The second kappa shape index (κ2) is 6.33. The van der Waals surface area contributed by atoms with Crippen molar-refractivity contribution in [3.63, 3.8) is 0 Å². The zero-order valence-corrected chi connectivity index (χ0v) is 15.8. The first kappa shape index (κ1) is 17.5. The number of benzene rings is 1. The fourth-order valence-electron chi connectivity index (χ4n) is 3.56. The van der Waals surface area contributed by atoms with Crippen LogP contribution in [0.4, 0.5) is 0 Å². The molecule has 0 amide bonds. The molecule has 8 heteroatoms. The van der Waals surface area contributed by atoms with Gasteiger partial charge in [-0.05, 0) is 44.0 Å². The van der Waals surface area contributed by atoms with Gasteiger partial charge in [0.2, 0.25) is 10.0 Å². The van der Waals surface area contributed by atoms with Crippen molar-refractivity contribution >= 4 is 38.2 Å². The van der Waals surface area contributed by atoms with E-state index in [2.05, 4.69) is 4.98 Å². The number of aromatic nitrogens is 2. The Bertz CT molecular complexity index is 1170. The summed E-state index contributed by atoms with van der Waals surface area (Å²) in [5.41, 5.74) is 0.559. The number of hydrogen-bond donors (Lipinski definition) is 0. The van der Waals surface area contributed by atoms with Crippen LogP contribution in [0, 0.1) is 0 Å². The van der Waals surface area contributed by atoms with Crippen LogP contribution >= 0.6 is 11.6 Å². The lowest BCUT2D eigenvalue weighted by molar-refractivity contribution is 0.268. The molecule has 3 heterocycles. The van der Waals surface area contributed by atoms with Gasteiger partial charge in [0.1, 0.15) is 10.5 Å². The van der Waals surface area contributed by atoms with Crippen molar-refractivity contribution in [2.75, 3.05) is 6.54 Å². The van der Waals surface area contributed by atoms with Gasteiger partial charge in [-0.25, -0.2) is 8.42 Å². The zero-order chi connectivity index (χ0) is 18.5. The molecule has 3 aromatic rings. The van der Waals surface area contributed by atoms with E-state index in [1.807, 2.05) is 13.0 Å². The highest BCUT2D eigenvalue weighted by Crippen LogP contribution is 2.31. The molecule has 4 rings (SSSR count). The predicted octanol–water partition coefficient (Wildman–Crippen LogP) is 3.06. The predicted molar refractivity (Wildman–Crippen MR) is 101 cm³/mol. The lowest BCUT2D eigenvalue weighted by Crippen LogP contribution is -2.42. The van der Waals surface area contributed by atoms with E-state index in [1.54, 1.807) is 22.7 Å². The van der Waals surface area contributed by atoms with Gasteiger partial charge in [-0.2, -0.15) is 9.29 Å². The highest BCUT2D eigenvalue weighted by atomic mass is 35.5. The molecule has 1 aliphatic heterocycles. The van der Waals surface area contributed by atoms with Crippen LogP contribution in [0.1, 0.15) is 26.2 Å². The standard InChI is InChI=1S/C18H18ClN3O3S/c1-12-6-2-5-9-22(12)26(24,25)16-10-13-15(11-14(16)19)21-8-4-3-7-17(21)20-18(13)23/h3-4,7-8,10-12H,2,5-6,9H2,1H3/t12-/m0/s1. The summed E-state index contributed by atoms with van der Waals surface area (Å²) in [6, 6.07) is 8.13. The molecule has 136 valence electrons. The van der Waals surface area contributed by atoms with E-state index in [9.17, 15) is 13.2 Å². The largest absolute Gasteiger partial charge is 0.301 e. The van der Waals surface area contributed by atoms with Crippen molar-refractivity contribution in [1.29, 1.82) is 0 Å². The minimum atomic E-state index is -3.78. The number of rotatable bonds is 2. The van der Waals surface area contributed by atoms with Gasteiger partial charge < -0.3 is 4.40 Å². The lowest BCUT2D eigenvalue weighted by atomic mass is 10.1. The molecular weight excluding hydrogens is 374 g/mol. The first-order chi connectivity index (χ1) is 12.4. The second-order valence-corrected chi connectivity index (χ2v) is 8.87. The van der Waals surface area contributed by atoms with Gasteiger partial charge in [-0.1, -0.05) is 24.1 Å². The number of pyridine rings is 1. The van der Waals surface area contributed by atoms with E-state index in [4.69, 9.17) is 11.6 Å². The average molecular weight is 392 g/mol. The van der Waals surface area contributed by atoms with Crippen LogP contribution in [-0.4, -0.2) is 34.7 Å². The van der Waals surface area contributed by atoms with Crippen molar-refractivity contribution in [3.8, 4) is 0 Å². The van der Waals surface area contributed by atoms with Crippen molar-refractivity contribution in [2.24, 2.45) is 0 Å². The molecule has 0 N–H and O–H groups in total. The van der Waals surface area contributed by atoms with E-state index in [-0.39, 0.29) is 21.3 Å². The third-order valence-electron chi connectivity index (χ3n) is 4.92. The van der Waals surface area contributed by atoms with E-state index in [0.29, 0.717) is 17.7 Å². The van der Waals surface area contributed by atoms with Crippen LogP contribution in [0.3, 0.4) is 0 Å². The Morgan fingerprint density at radius 2 is 2.04 bits per heavy atom. The quantitative estimate of drug-likeness (QED) is 0.629. The summed E-state index contributed by atoms with van der Waals surface area (Å²) in [6.45, 7) is 2.36. The summed E-state index contributed by atoms with van der Waals surface area (Å²) < 4.78 is 29.5. The van der Waals surface area contributed by atoms with Crippen molar-refractivity contribution in [2.45, 2.75) is 37.1 Å². The van der Waals surface area contributed by atoms with E-state index in [1.165, 1.54) is 16.4 Å². The smallest absolute Gasteiger partial charge is 0.281 e. The third kappa shape index (κ3) is 2.71. The molecule has 0 unspecified atom stereocenters. The molecule has 2 aromatic heterocycles. The van der Waals surface area contributed by atoms with Crippen LogP contribution in [0.25, 0.3) is 16.6 Å². The fourth-order valence-corrected chi connectivity index (χ4v) is 5.78. The van der Waals surface area contributed by atoms with E-state index >= 15 is 0 Å². The van der Waals surface area contributed by atoms with Crippen LogP contribution < -0.4 is 5.56 Å². The van der Waals surface area contributed by atoms with Gasteiger partial charge in [0, 0.05) is 18.8 Å². The zero-order valence-electron chi connectivity index (χ0n) is 14.2. The molecule has 26 heavy (non-hydrogen) atoms. The maximum Gasteiger partial charge on any atom is 0.281 e. The Hall–Kier alpha value is -1.96. The summed E-state index contributed by atoms with van der Waals surface area (Å²) in [5.74, 6) is 0. The van der Waals surface area contributed by atoms with E-state index in [0.717, 1.165) is 19.3 Å². The van der Waals surface area contributed by atoms with Crippen LogP contribution in [-0.2, 0) is 10.0 Å². The Morgan fingerprint density at radius 3 is 2.81 bits per heavy atom. The number of nitrogens with zero attached hydrogens (tertiary/aromatic N) is 3. The third-order valence-corrected chi connectivity index (χ3v) is 7.40. The summed E-state index contributed by atoms with van der Waals surface area (Å²) in [6.07, 6.45) is 4.42. The number of halogens is 1. The Morgan fingerprint density at radius 1 is 1.23 bits per heavy atom. The van der Waals surface area contributed by atoms with Crippen LogP contribution in [0.2, 0.25) is 5.02 Å². The highest BCUT2D eigenvalue weighted by molar-refractivity contribution is 7.89. The lowest BCUT2D eigenvalue weighted by Gasteiger charge is -2.32. The van der Waals surface area contributed by atoms with Gasteiger partial charge in [0.15, 0.2) is 0 Å². The van der Waals surface area contributed by atoms with E-state index < -0.39 is 15.6 Å². The molecular formula is C18H18ClN3O3S. The van der Waals surface area contributed by atoms with Gasteiger partial charge in [-0.15, -0.1) is 0 Å². The average Bonchev–Trinajstić information content (AvgIpc) is 2.61. The second-order valence-electron chi connectivity index (χ2n) is 6.61. The first-order valence-corrected chi connectivity index (χ1v) is 10.3. The summed E-state index contributed by atoms with van der Waals surface area (Å²) in [4.78, 5) is 16.5. The molecule has 1 fully saturated rings. The molecule has 1 atom stereocenters. The maximum atomic E-state index is 13.1. The maximum absolute atomic E-state index is 13.1. The molecule has 1 aliphatic rings. The Balaban J connectivity index is 1.97. The number of fused-ring (bicyclic) bond motifs is 3. The summed E-state index contributed by atoms with van der Waals surface area (Å²) >= 11 is 6.37. The molecule has 1 aromatic carbocycles. The van der Waals surface area contributed by atoms with Crippen molar-refractivity contribution in [1.82, 2.24) is 13.7 Å². The molecule has 0 radical (unpaired) electrons. The number of hydrogen-bond acceptors (Lipinski definition) is 4. The van der Waals surface area contributed by atoms with Gasteiger partial charge in [-0.3, -0.25) is 4.79 Å². The molecule has 6 nitrogen and oxygen atoms in total. The fraction of sp³-hybridized carbons (Fsp3) is 0.333. The normalized spacial score (nSPS) is 19.2. The molecule has 0 saturated carbocycles. The SMILES string of the molecule is C[C@H]1CCCCN1S(=O)(=O)c1cc2c(=O)nc3ccccn3c2cc1Cl. The molecule has 0 spiro atoms. The summed E-state index contributed by atoms with van der Waals surface area (Å²) in [7, 11) is -3.78. The van der Waals surface area contributed by atoms with Gasteiger partial charge >= 0.3 is 0 Å². The van der Waals surface area contributed by atoms with Crippen LogP contribution in [0.5, 0.6) is 0 Å². The van der Waals surface area contributed by atoms with Crippen molar-refractivity contribution < 1.29 is 8.42 Å². The van der Waals surface area contributed by atoms with Gasteiger partial charge in [0.05, 0.1) is 15.9 Å². The minimum absolute atomic E-state index is 0.0322.